The molecule has 10 heavy (non-hydrogen) atoms. The average molecular weight is 141 g/mol. The molecule has 1 rings (SSSR count). The van der Waals surface area contributed by atoms with Crippen molar-refractivity contribution in [3.63, 3.8) is 0 Å². The van der Waals surface area contributed by atoms with Gasteiger partial charge < -0.3 is 5.73 Å². The van der Waals surface area contributed by atoms with Gasteiger partial charge in [-0.1, -0.05) is 13.8 Å². The van der Waals surface area contributed by atoms with Crippen LogP contribution in [0.2, 0.25) is 0 Å². The third-order valence-corrected chi connectivity index (χ3v) is 2.55. The van der Waals surface area contributed by atoms with Gasteiger partial charge in [-0.05, 0) is 24.7 Å². The number of hydrogen-bond acceptors (Lipinski definition) is 1. The molecule has 2 nitrogen and oxygen atoms in total. The molecule has 0 spiro atoms. The monoisotopic (exact) mass is 141 g/mol. The average Bonchev–Trinajstić information content (AvgIpc) is 1.56. The van der Waals surface area contributed by atoms with Crippen LogP contribution in [-0.2, 0) is 4.79 Å². The van der Waals surface area contributed by atoms with Gasteiger partial charge in [0, 0.05) is 5.92 Å². The lowest BCUT2D eigenvalue weighted by Crippen LogP contribution is -2.39. The molecule has 0 aromatic heterocycles. The fourth-order valence-corrected chi connectivity index (χ4v) is 1.68. The van der Waals surface area contributed by atoms with E-state index in [4.69, 9.17) is 5.73 Å². The summed E-state index contributed by atoms with van der Waals surface area (Å²) in [5, 5.41) is 0. The van der Waals surface area contributed by atoms with Crippen molar-refractivity contribution >= 4 is 5.91 Å². The molecule has 58 valence electrons. The number of carbonyl (C=O) groups is 1. The Kier molecular flexibility index (Phi) is 1.97. The summed E-state index contributed by atoms with van der Waals surface area (Å²) in [6.07, 6.45) is 2.20. The Morgan fingerprint density at radius 2 is 2.10 bits per heavy atom. The van der Waals surface area contributed by atoms with E-state index in [1.54, 1.807) is 0 Å². The van der Waals surface area contributed by atoms with Crippen molar-refractivity contribution in [2.24, 2.45) is 23.5 Å². The molecule has 2 heteroatoms. The third kappa shape index (κ3) is 1.15. The lowest BCUT2D eigenvalue weighted by Gasteiger charge is -2.37. The van der Waals surface area contributed by atoms with E-state index in [2.05, 4.69) is 13.8 Å². The van der Waals surface area contributed by atoms with Crippen molar-refractivity contribution in [1.82, 2.24) is 0 Å². The number of nitrogens with two attached hydrogens (primary N) is 1. The molecule has 1 saturated carbocycles. The molecule has 2 atom stereocenters. The molecular formula is C8H15NO. The minimum absolute atomic E-state index is 0.107. The van der Waals surface area contributed by atoms with Crippen molar-refractivity contribution in [1.29, 1.82) is 0 Å². The molecule has 1 amide bonds. The van der Waals surface area contributed by atoms with Crippen LogP contribution in [0.25, 0.3) is 0 Å². The van der Waals surface area contributed by atoms with E-state index >= 15 is 0 Å². The van der Waals surface area contributed by atoms with Crippen molar-refractivity contribution < 1.29 is 4.79 Å². The highest BCUT2D eigenvalue weighted by atomic mass is 16.1. The normalized spacial score (nSPS) is 31.9. The molecule has 0 saturated heterocycles. The SMILES string of the molecule is CC(C)[C@@H]1CC[C@H]1C(N)=O. The van der Waals surface area contributed by atoms with Gasteiger partial charge in [0.25, 0.3) is 0 Å². The third-order valence-electron chi connectivity index (χ3n) is 2.55. The highest BCUT2D eigenvalue weighted by molar-refractivity contribution is 5.77. The maximum atomic E-state index is 10.7. The Balaban J connectivity index is 2.43. The first-order valence-corrected chi connectivity index (χ1v) is 3.92. The quantitative estimate of drug-likeness (QED) is 0.616. The number of amides is 1. The van der Waals surface area contributed by atoms with Crippen LogP contribution >= 0.6 is 0 Å². The van der Waals surface area contributed by atoms with Gasteiger partial charge >= 0.3 is 0 Å². The number of carbonyl (C=O) groups excluding carboxylic acids is 1. The summed E-state index contributed by atoms with van der Waals surface area (Å²) in [6.45, 7) is 4.31. The molecule has 1 aliphatic carbocycles. The van der Waals surface area contributed by atoms with Gasteiger partial charge in [-0.25, -0.2) is 0 Å². The van der Waals surface area contributed by atoms with Crippen molar-refractivity contribution in [3.05, 3.63) is 0 Å². The van der Waals surface area contributed by atoms with E-state index < -0.39 is 0 Å². The number of rotatable bonds is 2. The molecule has 1 aliphatic rings. The standard InChI is InChI=1S/C8H15NO/c1-5(2)6-3-4-7(6)8(9)10/h5-7H,3-4H2,1-2H3,(H2,9,10)/t6-,7+/m0/s1. The van der Waals surface area contributed by atoms with Crippen LogP contribution < -0.4 is 5.73 Å². The van der Waals surface area contributed by atoms with Crippen LogP contribution in [-0.4, -0.2) is 5.91 Å². The molecule has 2 N–H and O–H groups in total. The molecule has 0 aliphatic heterocycles. The van der Waals surface area contributed by atoms with E-state index in [0.29, 0.717) is 11.8 Å². The Morgan fingerprint density at radius 1 is 1.50 bits per heavy atom. The largest absolute Gasteiger partial charge is 0.369 e. The molecule has 0 unspecified atom stereocenters. The summed E-state index contributed by atoms with van der Waals surface area (Å²) < 4.78 is 0. The zero-order valence-corrected chi connectivity index (χ0v) is 6.63. The summed E-state index contributed by atoms with van der Waals surface area (Å²) in [5.74, 6) is 1.26. The smallest absolute Gasteiger partial charge is 0.220 e. The van der Waals surface area contributed by atoms with Crippen molar-refractivity contribution in [2.75, 3.05) is 0 Å². The zero-order chi connectivity index (χ0) is 7.72. The molecule has 0 radical (unpaired) electrons. The van der Waals surface area contributed by atoms with Crippen LogP contribution in [0.3, 0.4) is 0 Å². The Bertz CT molecular complexity index is 142. The van der Waals surface area contributed by atoms with E-state index in [1.165, 1.54) is 6.42 Å². The second-order valence-corrected chi connectivity index (χ2v) is 3.49. The first-order valence-electron chi connectivity index (χ1n) is 3.92. The van der Waals surface area contributed by atoms with Crippen LogP contribution in [0.15, 0.2) is 0 Å². The fraction of sp³-hybridized carbons (Fsp3) is 0.875. The van der Waals surface area contributed by atoms with Gasteiger partial charge in [0.15, 0.2) is 0 Å². The lowest BCUT2D eigenvalue weighted by atomic mass is 9.68. The predicted octanol–water partition coefficient (Wildman–Crippen LogP) is 1.15. The second-order valence-electron chi connectivity index (χ2n) is 3.49. The van der Waals surface area contributed by atoms with Gasteiger partial charge in [0.1, 0.15) is 0 Å². The maximum Gasteiger partial charge on any atom is 0.220 e. The van der Waals surface area contributed by atoms with Crippen molar-refractivity contribution in [3.8, 4) is 0 Å². The molecule has 0 heterocycles. The van der Waals surface area contributed by atoms with Gasteiger partial charge in [-0.2, -0.15) is 0 Å². The van der Waals surface area contributed by atoms with Crippen LogP contribution in [0.5, 0.6) is 0 Å². The van der Waals surface area contributed by atoms with Crippen LogP contribution in [0.4, 0.5) is 0 Å². The molecule has 0 aromatic carbocycles. The summed E-state index contributed by atoms with van der Waals surface area (Å²) in [4.78, 5) is 10.7. The second kappa shape index (κ2) is 2.60. The summed E-state index contributed by atoms with van der Waals surface area (Å²) in [6, 6.07) is 0. The minimum Gasteiger partial charge on any atom is -0.369 e. The van der Waals surface area contributed by atoms with E-state index in [-0.39, 0.29) is 11.8 Å². The molecule has 0 bridgehead atoms. The van der Waals surface area contributed by atoms with Gasteiger partial charge in [0.2, 0.25) is 5.91 Å². The Labute approximate surface area is 61.8 Å². The van der Waals surface area contributed by atoms with Gasteiger partial charge in [0.05, 0.1) is 0 Å². The fourth-order valence-electron chi connectivity index (χ4n) is 1.68. The van der Waals surface area contributed by atoms with E-state index in [0.717, 1.165) is 6.42 Å². The molecule has 1 fully saturated rings. The first-order chi connectivity index (χ1) is 4.63. The first kappa shape index (κ1) is 7.58. The van der Waals surface area contributed by atoms with Crippen molar-refractivity contribution in [2.45, 2.75) is 26.7 Å². The van der Waals surface area contributed by atoms with Crippen LogP contribution in [0, 0.1) is 17.8 Å². The topological polar surface area (TPSA) is 43.1 Å². The van der Waals surface area contributed by atoms with Crippen LogP contribution in [0.1, 0.15) is 26.7 Å². The summed E-state index contributed by atoms with van der Waals surface area (Å²) in [5.41, 5.74) is 5.19. The predicted molar refractivity (Wildman–Crippen MR) is 40.2 cm³/mol. The van der Waals surface area contributed by atoms with E-state index in [1.807, 2.05) is 0 Å². The van der Waals surface area contributed by atoms with E-state index in [9.17, 15) is 4.79 Å². The lowest BCUT2D eigenvalue weighted by molar-refractivity contribution is -0.128. The highest BCUT2D eigenvalue weighted by Crippen LogP contribution is 2.38. The summed E-state index contributed by atoms with van der Waals surface area (Å²) >= 11 is 0. The zero-order valence-electron chi connectivity index (χ0n) is 6.63. The van der Waals surface area contributed by atoms with Gasteiger partial charge in [-0.15, -0.1) is 0 Å². The number of hydrogen-bond donors (Lipinski definition) is 1. The highest BCUT2D eigenvalue weighted by Gasteiger charge is 2.36. The Hall–Kier alpha value is -0.530. The Morgan fingerprint density at radius 3 is 2.20 bits per heavy atom. The van der Waals surface area contributed by atoms with Gasteiger partial charge in [-0.3, -0.25) is 4.79 Å². The maximum absolute atomic E-state index is 10.7. The minimum atomic E-state index is -0.107. The number of primary amides is 1. The molecular weight excluding hydrogens is 126 g/mol. The molecule has 0 aromatic rings. The summed E-state index contributed by atoms with van der Waals surface area (Å²) in [7, 11) is 0.